The Morgan fingerprint density at radius 1 is 0.583 bits per heavy atom. The maximum atomic E-state index is 13.3. The van der Waals surface area contributed by atoms with Crippen LogP contribution in [0.1, 0.15) is 61.1 Å². The SMILES string of the molecule is CCN(CC)C(=O)[C@@H]1C=C2c3cccc4[nH]cc(c34)C[C@H]2N(Cc2ccc(Cl)cc2)C1.CCN(CC)C(=O)[C@@H]1C=C2c3cccc4[nH]cc(c34)C[C@H]2N(Cc2ccc(Cl)cc2)C1.O=C(O)C(O)C(O)C(=O)O. The number of carbonyl (C=O) groups is 4. The second-order valence-corrected chi connectivity index (χ2v) is 19.6. The molecule has 6 atom stereocenters. The van der Waals surface area contributed by atoms with Crippen molar-refractivity contribution < 1.29 is 39.6 Å². The fourth-order valence-electron chi connectivity index (χ4n) is 10.8. The molecule has 0 fully saturated rings. The maximum Gasteiger partial charge on any atom is 0.335 e. The number of hydrogen-bond donors (Lipinski definition) is 6. The summed E-state index contributed by atoms with van der Waals surface area (Å²) in [6, 6.07) is 29.6. The van der Waals surface area contributed by atoms with Crippen LogP contribution in [-0.2, 0) is 45.1 Å². The lowest BCUT2D eigenvalue weighted by Crippen LogP contribution is -2.48. The van der Waals surface area contributed by atoms with Crippen molar-refractivity contribution in [3.05, 3.63) is 153 Å². The van der Waals surface area contributed by atoms with Crippen LogP contribution in [0.15, 0.2) is 109 Å². The Morgan fingerprint density at radius 3 is 1.28 bits per heavy atom. The molecule has 6 aromatic rings. The molecule has 10 rings (SSSR count). The van der Waals surface area contributed by atoms with Gasteiger partial charge in [-0.25, -0.2) is 9.59 Å². The second-order valence-electron chi connectivity index (χ2n) is 18.7. The summed E-state index contributed by atoms with van der Waals surface area (Å²) in [5, 5.41) is 36.6. The Bertz CT molecular complexity index is 2790. The summed E-state index contributed by atoms with van der Waals surface area (Å²) in [6.45, 7) is 14.3. The number of carboxylic acid groups (broad SMARTS) is 2. The zero-order valence-electron chi connectivity index (χ0n) is 40.9. The van der Waals surface area contributed by atoms with Crippen LogP contribution in [0.25, 0.3) is 33.0 Å². The van der Waals surface area contributed by atoms with Crippen LogP contribution in [0.5, 0.6) is 0 Å². The molecule has 0 bridgehead atoms. The Hall–Kier alpha value is -6.26. The molecule has 2 aromatic heterocycles. The Kier molecular flexibility index (Phi) is 16.4. The number of aliphatic hydroxyl groups is 2. The lowest BCUT2D eigenvalue weighted by Gasteiger charge is -2.42. The third-order valence-corrected chi connectivity index (χ3v) is 14.9. The van der Waals surface area contributed by atoms with Crippen LogP contribution >= 0.6 is 23.2 Å². The number of rotatable bonds is 13. The monoisotopic (exact) mass is 1020 g/mol. The van der Waals surface area contributed by atoms with Gasteiger partial charge in [-0.05, 0) is 121 Å². The van der Waals surface area contributed by atoms with E-state index in [0.29, 0.717) is 0 Å². The molecule has 0 spiro atoms. The molecular weight excluding hydrogens is 956 g/mol. The highest BCUT2D eigenvalue weighted by Crippen LogP contribution is 2.44. The van der Waals surface area contributed by atoms with Gasteiger partial charge in [0.15, 0.2) is 12.2 Å². The minimum absolute atomic E-state index is 0.130. The Balaban J connectivity index is 0.000000163. The number of halogens is 2. The number of aromatic amines is 2. The van der Waals surface area contributed by atoms with Gasteiger partial charge >= 0.3 is 11.9 Å². The molecule has 72 heavy (non-hydrogen) atoms. The van der Waals surface area contributed by atoms with E-state index in [2.05, 4.69) is 133 Å². The number of carbonyl (C=O) groups excluding carboxylic acids is 2. The normalized spacial score (nSPS) is 19.8. The van der Waals surface area contributed by atoms with Gasteiger partial charge in [0.2, 0.25) is 11.8 Å². The van der Waals surface area contributed by atoms with Crippen molar-refractivity contribution in [2.24, 2.45) is 11.8 Å². The summed E-state index contributed by atoms with van der Waals surface area (Å²) in [5.41, 5.74) is 12.6. The van der Waals surface area contributed by atoms with Crippen LogP contribution in [0.4, 0.5) is 0 Å². The van der Waals surface area contributed by atoms with Gasteiger partial charge in [-0.3, -0.25) is 19.4 Å². The van der Waals surface area contributed by atoms with Crippen molar-refractivity contribution >= 4 is 79.9 Å². The van der Waals surface area contributed by atoms with E-state index in [1.54, 1.807) is 0 Å². The molecule has 4 heterocycles. The molecule has 4 aliphatic rings. The average molecular weight is 1020 g/mol. The molecule has 2 unspecified atom stereocenters. The number of aromatic nitrogens is 2. The first kappa shape index (κ1) is 52.1. The molecule has 0 saturated heterocycles. The van der Waals surface area contributed by atoms with Gasteiger partial charge in [-0.15, -0.1) is 0 Å². The lowest BCUT2D eigenvalue weighted by atomic mass is 9.79. The highest BCUT2D eigenvalue weighted by molar-refractivity contribution is 6.30. The fraction of sp³-hybridized carbons (Fsp3) is 0.357. The number of benzene rings is 4. The van der Waals surface area contributed by atoms with Gasteiger partial charge in [0, 0.05) is 109 Å². The summed E-state index contributed by atoms with van der Waals surface area (Å²) < 4.78 is 0. The molecule has 378 valence electrons. The third-order valence-electron chi connectivity index (χ3n) is 14.4. The van der Waals surface area contributed by atoms with Crippen LogP contribution in [-0.4, -0.2) is 137 Å². The molecule has 14 nitrogen and oxygen atoms in total. The molecule has 2 aliphatic carbocycles. The minimum atomic E-state index is -2.27. The highest BCUT2D eigenvalue weighted by atomic mass is 35.5. The van der Waals surface area contributed by atoms with E-state index in [1.807, 2.05) is 34.1 Å². The number of carboxylic acids is 2. The van der Waals surface area contributed by atoms with Crippen molar-refractivity contribution in [1.82, 2.24) is 29.6 Å². The molecule has 6 N–H and O–H groups in total. The molecule has 16 heteroatoms. The first-order valence-corrected chi connectivity index (χ1v) is 25.4. The number of H-pyrrole nitrogens is 2. The first-order chi connectivity index (χ1) is 34.6. The standard InChI is InChI=1S/2C26H28ClN3O.C4H6O6/c2*1-3-29(4-2)26(31)19-12-22-21-6-5-7-23-25(21)18(14-28-23)13-24(22)30(16-19)15-17-8-10-20(27)11-9-17;5-1(3(7)8)2(6)4(9)10/h2*5-12,14,19,24,28H,3-4,13,15-16H2,1-2H3;1-2,5-6H,(H,7,8)(H,9,10)/t2*19-,24-;/m11./s1. The molecular formula is C56H62Cl2N6O8. The van der Waals surface area contributed by atoms with Crippen molar-refractivity contribution in [1.29, 1.82) is 0 Å². The maximum absolute atomic E-state index is 13.3. The predicted octanol–water partition coefficient (Wildman–Crippen LogP) is 8.14. The number of fused-ring (bicyclic) bond motifs is 4. The highest BCUT2D eigenvalue weighted by Gasteiger charge is 2.40. The van der Waals surface area contributed by atoms with Gasteiger partial charge in [-0.1, -0.05) is 83.9 Å². The smallest absolute Gasteiger partial charge is 0.335 e. The molecule has 2 aliphatic heterocycles. The van der Waals surface area contributed by atoms with Gasteiger partial charge < -0.3 is 40.2 Å². The van der Waals surface area contributed by atoms with Crippen molar-refractivity contribution in [3.8, 4) is 0 Å². The van der Waals surface area contributed by atoms with E-state index < -0.39 is 24.1 Å². The summed E-state index contributed by atoms with van der Waals surface area (Å²) in [4.78, 5) is 62.0. The van der Waals surface area contributed by atoms with E-state index in [4.69, 9.17) is 43.6 Å². The molecule has 0 saturated carbocycles. The fourth-order valence-corrected chi connectivity index (χ4v) is 11.0. The largest absolute Gasteiger partial charge is 0.479 e. The third kappa shape index (κ3) is 10.9. The van der Waals surface area contributed by atoms with Gasteiger partial charge in [0.25, 0.3) is 0 Å². The molecule has 0 radical (unpaired) electrons. The van der Waals surface area contributed by atoms with Gasteiger partial charge in [0.1, 0.15) is 0 Å². The number of aliphatic carboxylic acids is 2. The Morgan fingerprint density at radius 2 is 0.944 bits per heavy atom. The summed E-state index contributed by atoms with van der Waals surface area (Å²) in [6.07, 6.45) is 6.21. The minimum Gasteiger partial charge on any atom is -0.479 e. The number of nitrogens with zero attached hydrogens (tertiary/aromatic N) is 4. The van der Waals surface area contributed by atoms with E-state index in [1.165, 1.54) is 66.3 Å². The average Bonchev–Trinajstić information content (AvgIpc) is 4.01. The van der Waals surface area contributed by atoms with Crippen molar-refractivity contribution in [2.45, 2.75) is 77.9 Å². The van der Waals surface area contributed by atoms with E-state index >= 15 is 0 Å². The summed E-state index contributed by atoms with van der Waals surface area (Å²) in [5.74, 6) is -3.35. The van der Waals surface area contributed by atoms with Crippen molar-refractivity contribution in [3.63, 3.8) is 0 Å². The predicted molar refractivity (Wildman–Crippen MR) is 281 cm³/mol. The van der Waals surface area contributed by atoms with Crippen LogP contribution < -0.4 is 0 Å². The zero-order chi connectivity index (χ0) is 51.4. The van der Waals surface area contributed by atoms with Crippen LogP contribution in [0.2, 0.25) is 10.0 Å². The number of amides is 2. The molecule has 4 aromatic carbocycles. The quantitative estimate of drug-likeness (QED) is 0.0658. The van der Waals surface area contributed by atoms with Gasteiger partial charge in [-0.2, -0.15) is 0 Å². The topological polar surface area (TPSA) is 194 Å². The van der Waals surface area contributed by atoms with Crippen LogP contribution in [0, 0.1) is 11.8 Å². The van der Waals surface area contributed by atoms with Crippen LogP contribution in [0.3, 0.4) is 0 Å². The van der Waals surface area contributed by atoms with Gasteiger partial charge in [0.05, 0.1) is 11.8 Å². The number of aliphatic hydroxyl groups excluding tert-OH is 2. The van der Waals surface area contributed by atoms with E-state index in [-0.39, 0.29) is 35.7 Å². The second kappa shape index (κ2) is 22.7. The number of nitrogens with one attached hydrogen (secondary N) is 2. The van der Waals surface area contributed by atoms with E-state index in [9.17, 15) is 19.2 Å². The zero-order valence-corrected chi connectivity index (χ0v) is 42.4. The Labute approximate surface area is 429 Å². The summed E-state index contributed by atoms with van der Waals surface area (Å²) in [7, 11) is 0. The van der Waals surface area contributed by atoms with Crippen molar-refractivity contribution in [2.75, 3.05) is 39.3 Å². The van der Waals surface area contributed by atoms with E-state index in [0.717, 1.165) is 75.2 Å². The summed E-state index contributed by atoms with van der Waals surface area (Å²) >= 11 is 12.2. The number of hydrogen-bond acceptors (Lipinski definition) is 8. The first-order valence-electron chi connectivity index (χ1n) is 24.6. The molecule has 2 amide bonds. The lowest BCUT2D eigenvalue weighted by molar-refractivity contribution is -0.165.